The van der Waals surface area contributed by atoms with Gasteiger partial charge in [0.05, 0.1) is 5.56 Å². The quantitative estimate of drug-likeness (QED) is 0.809. The van der Waals surface area contributed by atoms with Crippen molar-refractivity contribution in [1.29, 1.82) is 0 Å². The fourth-order valence-corrected chi connectivity index (χ4v) is 3.75. The molecule has 0 aliphatic rings. The second kappa shape index (κ2) is 6.64. The molecule has 0 heterocycles. The molecule has 1 unspecified atom stereocenters. The second-order valence-corrected chi connectivity index (χ2v) is 6.98. The highest BCUT2D eigenvalue weighted by atomic mass is 79.9. The Balaban J connectivity index is 3.28. The van der Waals surface area contributed by atoms with Crippen LogP contribution in [0.5, 0.6) is 0 Å². The number of hydrogen-bond donors (Lipinski definition) is 2. The Kier molecular flexibility index (Phi) is 5.67. The minimum atomic E-state index is -4.11. The van der Waals surface area contributed by atoms with Gasteiger partial charge < -0.3 is 5.11 Å². The largest absolute Gasteiger partial charge is 0.478 e. The highest BCUT2D eigenvalue weighted by Crippen LogP contribution is 2.24. The summed E-state index contributed by atoms with van der Waals surface area (Å²) in [6.07, 6.45) is 1.37. The summed E-state index contributed by atoms with van der Waals surface area (Å²) >= 11 is 2.98. The van der Waals surface area contributed by atoms with Crippen molar-refractivity contribution >= 4 is 31.9 Å². The van der Waals surface area contributed by atoms with Crippen molar-refractivity contribution in [2.75, 3.05) is 0 Å². The van der Waals surface area contributed by atoms with Crippen LogP contribution in [0, 0.1) is 5.82 Å². The minimum absolute atomic E-state index is 0.180. The third-order valence-corrected chi connectivity index (χ3v) is 4.65. The van der Waals surface area contributed by atoms with E-state index in [1.807, 2.05) is 6.92 Å². The SMILES string of the molecule is CCCC(C)NS(=O)(=O)c1cc(Br)cc(C(=O)O)c1F. The van der Waals surface area contributed by atoms with Crippen LogP contribution in [0.4, 0.5) is 4.39 Å². The van der Waals surface area contributed by atoms with Crippen LogP contribution in [0.15, 0.2) is 21.5 Å². The van der Waals surface area contributed by atoms with Gasteiger partial charge in [0, 0.05) is 10.5 Å². The smallest absolute Gasteiger partial charge is 0.338 e. The number of aromatic carboxylic acids is 1. The van der Waals surface area contributed by atoms with Crippen molar-refractivity contribution in [3.05, 3.63) is 28.0 Å². The first-order valence-electron chi connectivity index (χ1n) is 5.93. The number of carbonyl (C=O) groups is 1. The molecule has 0 saturated heterocycles. The first kappa shape index (κ1) is 17.1. The van der Waals surface area contributed by atoms with Gasteiger partial charge in [-0.15, -0.1) is 0 Å². The molecular weight excluding hydrogens is 353 g/mol. The Morgan fingerprint density at radius 3 is 2.60 bits per heavy atom. The molecule has 8 heteroatoms. The summed E-state index contributed by atoms with van der Waals surface area (Å²) in [7, 11) is -4.11. The number of rotatable bonds is 6. The van der Waals surface area contributed by atoms with E-state index >= 15 is 0 Å². The zero-order chi connectivity index (χ0) is 15.5. The third-order valence-electron chi connectivity index (χ3n) is 2.60. The Morgan fingerprint density at radius 1 is 1.50 bits per heavy atom. The molecule has 0 aliphatic heterocycles. The average Bonchev–Trinajstić information content (AvgIpc) is 2.30. The summed E-state index contributed by atoms with van der Waals surface area (Å²) in [5.41, 5.74) is -0.692. The Morgan fingerprint density at radius 2 is 2.10 bits per heavy atom. The Bertz CT molecular complexity index is 618. The van der Waals surface area contributed by atoms with E-state index in [4.69, 9.17) is 5.11 Å². The lowest BCUT2D eigenvalue weighted by Crippen LogP contribution is -2.33. The standard InChI is InChI=1S/C12H15BrFNO4S/c1-3-4-7(2)15-20(18,19)10-6-8(13)5-9(11(10)14)12(16)17/h5-7,15H,3-4H2,1-2H3,(H,16,17). The summed E-state index contributed by atoms with van der Waals surface area (Å²) < 4.78 is 40.7. The van der Waals surface area contributed by atoms with Crippen molar-refractivity contribution in [2.24, 2.45) is 0 Å². The summed E-state index contributed by atoms with van der Waals surface area (Å²) in [6.45, 7) is 3.56. The van der Waals surface area contributed by atoms with E-state index in [0.717, 1.165) is 18.6 Å². The number of hydrogen-bond acceptors (Lipinski definition) is 3. The van der Waals surface area contributed by atoms with E-state index in [0.29, 0.717) is 6.42 Å². The normalized spacial score (nSPS) is 13.2. The number of carboxylic acids is 1. The van der Waals surface area contributed by atoms with Crippen molar-refractivity contribution in [1.82, 2.24) is 4.72 Å². The van der Waals surface area contributed by atoms with Crippen LogP contribution >= 0.6 is 15.9 Å². The molecule has 0 fully saturated rings. The molecule has 1 atom stereocenters. The molecule has 0 spiro atoms. The summed E-state index contributed by atoms with van der Waals surface area (Å²) in [5, 5.41) is 8.87. The molecule has 0 amide bonds. The van der Waals surface area contributed by atoms with Crippen LogP contribution in [0.3, 0.4) is 0 Å². The van der Waals surface area contributed by atoms with Gasteiger partial charge in [0.25, 0.3) is 0 Å². The highest BCUT2D eigenvalue weighted by molar-refractivity contribution is 9.10. The van der Waals surface area contributed by atoms with Crippen LogP contribution < -0.4 is 4.72 Å². The highest BCUT2D eigenvalue weighted by Gasteiger charge is 2.26. The molecule has 0 bridgehead atoms. The minimum Gasteiger partial charge on any atom is -0.478 e. The topological polar surface area (TPSA) is 83.5 Å². The van der Waals surface area contributed by atoms with Crippen LogP contribution in [-0.4, -0.2) is 25.5 Å². The predicted molar refractivity (Wildman–Crippen MR) is 75.8 cm³/mol. The Hall–Kier alpha value is -0.990. The number of halogens is 2. The van der Waals surface area contributed by atoms with Gasteiger partial charge in [0.2, 0.25) is 10.0 Å². The molecule has 1 aromatic carbocycles. The van der Waals surface area contributed by atoms with Gasteiger partial charge in [-0.25, -0.2) is 22.3 Å². The molecule has 0 aromatic heterocycles. The Labute approximate surface area is 125 Å². The van der Waals surface area contributed by atoms with Gasteiger partial charge in [0.1, 0.15) is 4.90 Å². The van der Waals surface area contributed by atoms with Crippen LogP contribution in [0.2, 0.25) is 0 Å². The zero-order valence-electron chi connectivity index (χ0n) is 11.0. The first-order valence-corrected chi connectivity index (χ1v) is 8.21. The fourth-order valence-electron chi connectivity index (χ4n) is 1.74. The first-order chi connectivity index (χ1) is 9.19. The van der Waals surface area contributed by atoms with Crippen molar-refractivity contribution in [3.8, 4) is 0 Å². The number of benzene rings is 1. The molecule has 20 heavy (non-hydrogen) atoms. The van der Waals surface area contributed by atoms with Crippen molar-refractivity contribution < 1.29 is 22.7 Å². The van der Waals surface area contributed by atoms with Crippen LogP contribution in [-0.2, 0) is 10.0 Å². The molecule has 2 N–H and O–H groups in total. The van der Waals surface area contributed by atoms with Gasteiger partial charge in [-0.2, -0.15) is 0 Å². The average molecular weight is 368 g/mol. The van der Waals surface area contributed by atoms with Crippen molar-refractivity contribution in [2.45, 2.75) is 37.6 Å². The van der Waals surface area contributed by atoms with E-state index < -0.39 is 32.3 Å². The maximum Gasteiger partial charge on any atom is 0.338 e. The molecular formula is C12H15BrFNO4S. The van der Waals surface area contributed by atoms with Crippen LogP contribution in [0.1, 0.15) is 37.0 Å². The van der Waals surface area contributed by atoms with E-state index in [1.54, 1.807) is 6.92 Å². The fraction of sp³-hybridized carbons (Fsp3) is 0.417. The van der Waals surface area contributed by atoms with Crippen LogP contribution in [0.25, 0.3) is 0 Å². The van der Waals surface area contributed by atoms with Gasteiger partial charge in [-0.1, -0.05) is 29.3 Å². The summed E-state index contributed by atoms with van der Waals surface area (Å²) in [5.74, 6) is -2.79. The van der Waals surface area contributed by atoms with Gasteiger partial charge in [-0.3, -0.25) is 0 Å². The molecule has 0 saturated carbocycles. The lowest BCUT2D eigenvalue weighted by molar-refractivity contribution is 0.0691. The van der Waals surface area contributed by atoms with E-state index in [2.05, 4.69) is 20.7 Å². The van der Waals surface area contributed by atoms with E-state index in [-0.39, 0.29) is 10.5 Å². The molecule has 1 aromatic rings. The zero-order valence-corrected chi connectivity index (χ0v) is 13.4. The van der Waals surface area contributed by atoms with Gasteiger partial charge in [0.15, 0.2) is 5.82 Å². The summed E-state index contributed by atoms with van der Waals surface area (Å²) in [4.78, 5) is 10.2. The monoisotopic (exact) mass is 367 g/mol. The number of carboxylic acid groups (broad SMARTS) is 1. The van der Waals surface area contributed by atoms with E-state index in [9.17, 15) is 17.6 Å². The molecule has 0 radical (unpaired) electrons. The second-order valence-electron chi connectivity index (χ2n) is 4.38. The molecule has 5 nitrogen and oxygen atoms in total. The number of nitrogens with one attached hydrogen (secondary N) is 1. The predicted octanol–water partition coefficient (Wildman–Crippen LogP) is 2.75. The maximum absolute atomic E-state index is 14.0. The lowest BCUT2D eigenvalue weighted by atomic mass is 10.2. The molecule has 112 valence electrons. The molecule has 1 rings (SSSR count). The summed E-state index contributed by atoms with van der Waals surface area (Å²) in [6, 6.07) is 1.70. The molecule has 0 aliphatic carbocycles. The van der Waals surface area contributed by atoms with Crippen molar-refractivity contribution in [3.63, 3.8) is 0 Å². The lowest BCUT2D eigenvalue weighted by Gasteiger charge is -2.14. The van der Waals surface area contributed by atoms with Gasteiger partial charge in [-0.05, 0) is 25.5 Å². The maximum atomic E-state index is 14.0. The van der Waals surface area contributed by atoms with Gasteiger partial charge >= 0.3 is 5.97 Å². The van der Waals surface area contributed by atoms with E-state index in [1.165, 1.54) is 0 Å². The number of sulfonamides is 1. The third kappa shape index (κ3) is 4.00.